The summed E-state index contributed by atoms with van der Waals surface area (Å²) < 4.78 is 0. The van der Waals surface area contributed by atoms with Crippen molar-refractivity contribution >= 4 is 5.91 Å². The second-order valence-corrected chi connectivity index (χ2v) is 5.29. The van der Waals surface area contributed by atoms with Crippen molar-refractivity contribution in [3.05, 3.63) is 0 Å². The highest BCUT2D eigenvalue weighted by Crippen LogP contribution is 2.27. The molecule has 0 aromatic rings. The summed E-state index contributed by atoms with van der Waals surface area (Å²) in [5.74, 6) is 0.867. The zero-order chi connectivity index (χ0) is 12.8. The van der Waals surface area contributed by atoms with Gasteiger partial charge in [0.2, 0.25) is 5.91 Å². The molecule has 1 aliphatic heterocycles. The topological polar surface area (TPSA) is 40.5 Å². The molecule has 0 radical (unpaired) electrons. The number of unbranched alkanes of at least 4 members (excludes halogenated alkanes) is 1. The Hall–Kier alpha value is -0.570. The predicted molar refractivity (Wildman–Crippen MR) is 69.7 cm³/mol. The van der Waals surface area contributed by atoms with Crippen molar-refractivity contribution in [2.45, 2.75) is 58.9 Å². The summed E-state index contributed by atoms with van der Waals surface area (Å²) >= 11 is 0. The molecule has 1 saturated heterocycles. The van der Waals surface area contributed by atoms with Gasteiger partial charge in [-0.2, -0.15) is 0 Å². The Morgan fingerprint density at radius 2 is 2.18 bits per heavy atom. The molecule has 0 aromatic heterocycles. The van der Waals surface area contributed by atoms with E-state index in [9.17, 15) is 9.90 Å². The summed E-state index contributed by atoms with van der Waals surface area (Å²) in [6, 6.07) is 0.0539. The third kappa shape index (κ3) is 3.44. The maximum Gasteiger partial charge on any atom is 0.226 e. The van der Waals surface area contributed by atoms with Crippen molar-refractivity contribution in [2.75, 3.05) is 13.2 Å². The van der Waals surface area contributed by atoms with E-state index in [0.29, 0.717) is 5.92 Å². The molecule has 3 atom stereocenters. The van der Waals surface area contributed by atoms with Crippen LogP contribution in [0.3, 0.4) is 0 Å². The van der Waals surface area contributed by atoms with Crippen LogP contribution in [0.25, 0.3) is 0 Å². The van der Waals surface area contributed by atoms with Gasteiger partial charge in [0.25, 0.3) is 0 Å². The molecule has 3 nitrogen and oxygen atoms in total. The van der Waals surface area contributed by atoms with Crippen molar-refractivity contribution < 1.29 is 9.90 Å². The van der Waals surface area contributed by atoms with Crippen LogP contribution in [0, 0.1) is 11.8 Å². The van der Waals surface area contributed by atoms with E-state index in [0.717, 1.165) is 38.6 Å². The Bertz CT molecular complexity index is 242. The molecule has 1 amide bonds. The second kappa shape index (κ2) is 7.00. The minimum Gasteiger partial charge on any atom is -0.394 e. The van der Waals surface area contributed by atoms with E-state index < -0.39 is 0 Å². The van der Waals surface area contributed by atoms with Gasteiger partial charge in [-0.3, -0.25) is 4.79 Å². The molecular formula is C14H27NO2. The third-order valence-corrected chi connectivity index (χ3v) is 4.10. The number of aliphatic hydroxyl groups is 1. The first-order valence-corrected chi connectivity index (χ1v) is 7.06. The van der Waals surface area contributed by atoms with E-state index in [1.165, 1.54) is 0 Å². The molecule has 1 rings (SSSR count). The Morgan fingerprint density at radius 3 is 2.71 bits per heavy atom. The molecular weight excluding hydrogens is 214 g/mol. The normalized spacial score (nSPS) is 26.2. The summed E-state index contributed by atoms with van der Waals surface area (Å²) in [6.07, 6.45) is 5.21. The highest BCUT2D eigenvalue weighted by atomic mass is 16.3. The molecule has 0 spiro atoms. The fraction of sp³-hybridized carbons (Fsp3) is 0.929. The highest BCUT2D eigenvalue weighted by Gasteiger charge is 2.35. The Kier molecular flexibility index (Phi) is 5.96. The zero-order valence-corrected chi connectivity index (χ0v) is 11.5. The first-order chi connectivity index (χ1) is 8.15. The number of hydrogen-bond donors (Lipinski definition) is 1. The molecule has 1 fully saturated rings. The number of rotatable bonds is 6. The molecule has 0 saturated carbocycles. The van der Waals surface area contributed by atoms with Crippen molar-refractivity contribution in [1.29, 1.82) is 0 Å². The van der Waals surface area contributed by atoms with Gasteiger partial charge in [-0.25, -0.2) is 0 Å². The fourth-order valence-corrected chi connectivity index (χ4v) is 2.75. The SMILES string of the molecule is CCCCC(CC)C(=O)N1CCC(C)C1CO. The second-order valence-electron chi connectivity index (χ2n) is 5.29. The van der Waals surface area contributed by atoms with Gasteiger partial charge < -0.3 is 10.0 Å². The monoisotopic (exact) mass is 241 g/mol. The first kappa shape index (κ1) is 14.5. The summed E-state index contributed by atoms with van der Waals surface area (Å²) in [5.41, 5.74) is 0. The molecule has 3 heteroatoms. The van der Waals surface area contributed by atoms with E-state index in [4.69, 9.17) is 0 Å². The molecule has 3 unspecified atom stereocenters. The fourth-order valence-electron chi connectivity index (χ4n) is 2.75. The van der Waals surface area contributed by atoms with Crippen LogP contribution in [0.5, 0.6) is 0 Å². The summed E-state index contributed by atoms with van der Waals surface area (Å²) in [7, 11) is 0. The maximum atomic E-state index is 12.4. The van der Waals surface area contributed by atoms with Crippen LogP contribution in [0.15, 0.2) is 0 Å². The van der Waals surface area contributed by atoms with E-state index in [2.05, 4.69) is 20.8 Å². The van der Waals surface area contributed by atoms with Crippen LogP contribution in [-0.4, -0.2) is 35.1 Å². The molecule has 0 aliphatic carbocycles. The molecule has 100 valence electrons. The third-order valence-electron chi connectivity index (χ3n) is 4.10. The van der Waals surface area contributed by atoms with Gasteiger partial charge in [0.15, 0.2) is 0 Å². The molecule has 1 heterocycles. The minimum atomic E-state index is 0.0539. The van der Waals surface area contributed by atoms with Crippen molar-refractivity contribution in [3.8, 4) is 0 Å². The smallest absolute Gasteiger partial charge is 0.226 e. The quantitative estimate of drug-likeness (QED) is 0.776. The maximum absolute atomic E-state index is 12.4. The number of amides is 1. The first-order valence-electron chi connectivity index (χ1n) is 7.06. The van der Waals surface area contributed by atoms with Gasteiger partial charge in [0, 0.05) is 12.5 Å². The van der Waals surface area contributed by atoms with Crippen LogP contribution >= 0.6 is 0 Å². The Balaban J connectivity index is 2.60. The number of carbonyl (C=O) groups excluding carboxylic acids is 1. The van der Waals surface area contributed by atoms with Gasteiger partial charge >= 0.3 is 0 Å². The molecule has 17 heavy (non-hydrogen) atoms. The number of hydrogen-bond acceptors (Lipinski definition) is 2. The summed E-state index contributed by atoms with van der Waals surface area (Å²) in [4.78, 5) is 14.3. The van der Waals surface area contributed by atoms with Gasteiger partial charge in [0.05, 0.1) is 12.6 Å². The summed E-state index contributed by atoms with van der Waals surface area (Å²) in [6.45, 7) is 7.31. The number of aliphatic hydroxyl groups excluding tert-OH is 1. The average Bonchev–Trinajstić information content (AvgIpc) is 2.71. The number of carbonyl (C=O) groups is 1. The van der Waals surface area contributed by atoms with E-state index in [1.54, 1.807) is 0 Å². The standard InChI is InChI=1S/C14H27NO2/c1-4-6-7-12(5-2)14(17)15-9-8-11(3)13(15)10-16/h11-13,16H,4-10H2,1-3H3. The predicted octanol–water partition coefficient (Wildman–Crippen LogP) is 2.43. The van der Waals surface area contributed by atoms with Gasteiger partial charge in [-0.1, -0.05) is 33.6 Å². The lowest BCUT2D eigenvalue weighted by Crippen LogP contribution is -2.42. The lowest BCUT2D eigenvalue weighted by atomic mass is 9.97. The van der Waals surface area contributed by atoms with Crippen molar-refractivity contribution in [2.24, 2.45) is 11.8 Å². The minimum absolute atomic E-state index is 0.0539. The number of nitrogens with zero attached hydrogens (tertiary/aromatic N) is 1. The van der Waals surface area contributed by atoms with E-state index in [-0.39, 0.29) is 24.5 Å². The van der Waals surface area contributed by atoms with Crippen LogP contribution in [-0.2, 0) is 4.79 Å². The van der Waals surface area contributed by atoms with E-state index in [1.807, 2.05) is 4.90 Å². The molecule has 0 aromatic carbocycles. The molecule has 1 N–H and O–H groups in total. The largest absolute Gasteiger partial charge is 0.394 e. The van der Waals surface area contributed by atoms with Crippen LogP contribution in [0.2, 0.25) is 0 Å². The average molecular weight is 241 g/mol. The lowest BCUT2D eigenvalue weighted by molar-refractivity contribution is -0.137. The van der Waals surface area contributed by atoms with Crippen LogP contribution < -0.4 is 0 Å². The molecule has 0 bridgehead atoms. The summed E-state index contributed by atoms with van der Waals surface area (Å²) in [5, 5.41) is 9.39. The van der Waals surface area contributed by atoms with Crippen LogP contribution in [0.1, 0.15) is 52.9 Å². The number of likely N-dealkylation sites (tertiary alicyclic amines) is 1. The van der Waals surface area contributed by atoms with Crippen LogP contribution in [0.4, 0.5) is 0 Å². The lowest BCUT2D eigenvalue weighted by Gasteiger charge is -2.29. The Labute approximate surface area is 105 Å². The molecule has 1 aliphatic rings. The van der Waals surface area contributed by atoms with Crippen molar-refractivity contribution in [1.82, 2.24) is 4.90 Å². The van der Waals surface area contributed by atoms with Gasteiger partial charge in [0.1, 0.15) is 0 Å². The van der Waals surface area contributed by atoms with Gasteiger partial charge in [-0.15, -0.1) is 0 Å². The van der Waals surface area contributed by atoms with Gasteiger partial charge in [-0.05, 0) is 25.2 Å². The zero-order valence-electron chi connectivity index (χ0n) is 11.5. The van der Waals surface area contributed by atoms with E-state index >= 15 is 0 Å². The highest BCUT2D eigenvalue weighted by molar-refractivity contribution is 5.79. The van der Waals surface area contributed by atoms with Crippen molar-refractivity contribution in [3.63, 3.8) is 0 Å². The Morgan fingerprint density at radius 1 is 1.47 bits per heavy atom.